The zero-order valence-electron chi connectivity index (χ0n) is 15.7. The van der Waals surface area contributed by atoms with Gasteiger partial charge >= 0.3 is 0 Å². The average Bonchev–Trinajstić information content (AvgIpc) is 2.66. The maximum atomic E-state index is 12.9. The van der Waals surface area contributed by atoms with Gasteiger partial charge in [-0.3, -0.25) is 9.59 Å². The molecule has 0 bridgehead atoms. The molecule has 0 saturated heterocycles. The molecule has 0 heterocycles. The first-order valence-corrected chi connectivity index (χ1v) is 10.5. The van der Waals surface area contributed by atoms with Crippen LogP contribution in [0.25, 0.3) is 0 Å². The first-order chi connectivity index (χ1) is 13.0. The van der Waals surface area contributed by atoms with Crippen LogP contribution in [0.2, 0.25) is 5.02 Å². The third-order valence-electron chi connectivity index (χ3n) is 4.10. The molecule has 0 aliphatic heterocycles. The molecule has 2 aromatic carbocycles. The zero-order valence-corrected chi connectivity index (χ0v) is 17.2. The van der Waals surface area contributed by atoms with Gasteiger partial charge in [-0.05, 0) is 37.1 Å². The highest BCUT2D eigenvalue weighted by Gasteiger charge is 2.25. The molecule has 27 heavy (non-hydrogen) atoms. The average molecular weight is 405 g/mol. The summed E-state index contributed by atoms with van der Waals surface area (Å²) in [6, 6.07) is 16.8. The van der Waals surface area contributed by atoms with Gasteiger partial charge in [0, 0.05) is 23.9 Å². The molecule has 144 valence electrons. The smallest absolute Gasteiger partial charge is 0.242 e. The van der Waals surface area contributed by atoms with Gasteiger partial charge in [0.15, 0.2) is 0 Å². The van der Waals surface area contributed by atoms with E-state index < -0.39 is 6.04 Å². The number of hydrogen-bond donors (Lipinski definition) is 1. The Bertz CT molecular complexity index is 755. The molecule has 6 heteroatoms. The van der Waals surface area contributed by atoms with E-state index in [4.69, 9.17) is 11.6 Å². The minimum absolute atomic E-state index is 0.0513. The normalized spacial score (nSPS) is 11.7. The molecule has 4 nitrogen and oxygen atoms in total. The number of amides is 2. The maximum absolute atomic E-state index is 12.9. The van der Waals surface area contributed by atoms with Crippen molar-refractivity contribution in [1.82, 2.24) is 10.2 Å². The van der Waals surface area contributed by atoms with Crippen LogP contribution in [0, 0.1) is 0 Å². The molecule has 2 aromatic rings. The Labute approximate surface area is 170 Å². The summed E-state index contributed by atoms with van der Waals surface area (Å²) in [6.45, 7) is 4.60. The van der Waals surface area contributed by atoms with Crippen molar-refractivity contribution in [3.63, 3.8) is 0 Å². The van der Waals surface area contributed by atoms with Crippen LogP contribution in [-0.2, 0) is 21.9 Å². The molecule has 0 saturated carbocycles. The van der Waals surface area contributed by atoms with E-state index in [2.05, 4.69) is 5.32 Å². The van der Waals surface area contributed by atoms with Crippen LogP contribution in [0.15, 0.2) is 54.6 Å². The number of benzene rings is 2. The van der Waals surface area contributed by atoms with Gasteiger partial charge in [-0.1, -0.05) is 54.1 Å². The van der Waals surface area contributed by atoms with Gasteiger partial charge in [-0.15, -0.1) is 11.8 Å². The number of rotatable bonds is 9. The molecule has 2 amide bonds. The van der Waals surface area contributed by atoms with E-state index >= 15 is 0 Å². The fourth-order valence-electron chi connectivity index (χ4n) is 2.65. The molecule has 1 atom stereocenters. The van der Waals surface area contributed by atoms with Crippen molar-refractivity contribution < 1.29 is 9.59 Å². The summed E-state index contributed by atoms with van der Waals surface area (Å²) in [5.41, 5.74) is 2.08. The first kappa shape index (κ1) is 21.3. The highest BCUT2D eigenvalue weighted by molar-refractivity contribution is 7.99. The standard InChI is InChI=1S/C21H25ClN2O2S/c1-3-23-21(26)16(2)24(13-17-8-5-4-6-9-17)20(25)15-27-14-18-10-7-11-19(22)12-18/h4-12,16H,3,13-15H2,1-2H3,(H,23,26)/t16-/m1/s1. The van der Waals surface area contributed by atoms with Crippen LogP contribution in [0.4, 0.5) is 0 Å². The van der Waals surface area contributed by atoms with Crippen molar-refractivity contribution in [2.24, 2.45) is 0 Å². The van der Waals surface area contributed by atoms with Crippen molar-refractivity contribution in [1.29, 1.82) is 0 Å². The number of nitrogens with one attached hydrogen (secondary N) is 1. The van der Waals surface area contributed by atoms with Crippen LogP contribution in [0.3, 0.4) is 0 Å². The Balaban J connectivity index is 2.02. The highest BCUT2D eigenvalue weighted by Crippen LogP contribution is 2.18. The van der Waals surface area contributed by atoms with E-state index in [0.717, 1.165) is 11.1 Å². The second-order valence-corrected chi connectivity index (χ2v) is 7.62. The Morgan fingerprint density at radius 2 is 1.81 bits per heavy atom. The second kappa shape index (κ2) is 11.0. The Hall–Kier alpha value is -1.98. The van der Waals surface area contributed by atoms with E-state index in [1.165, 1.54) is 11.8 Å². The topological polar surface area (TPSA) is 49.4 Å². The van der Waals surface area contributed by atoms with E-state index in [0.29, 0.717) is 29.6 Å². The van der Waals surface area contributed by atoms with Crippen molar-refractivity contribution in [3.05, 3.63) is 70.7 Å². The van der Waals surface area contributed by atoms with Gasteiger partial charge in [0.25, 0.3) is 0 Å². The first-order valence-electron chi connectivity index (χ1n) is 8.94. The quantitative estimate of drug-likeness (QED) is 0.683. The Morgan fingerprint density at radius 1 is 1.11 bits per heavy atom. The summed E-state index contributed by atoms with van der Waals surface area (Å²) >= 11 is 7.53. The van der Waals surface area contributed by atoms with Gasteiger partial charge < -0.3 is 10.2 Å². The lowest BCUT2D eigenvalue weighted by atomic mass is 10.1. The molecule has 0 unspecified atom stereocenters. The minimum atomic E-state index is -0.524. The van der Waals surface area contributed by atoms with Crippen LogP contribution in [0.1, 0.15) is 25.0 Å². The van der Waals surface area contributed by atoms with Gasteiger partial charge in [0.1, 0.15) is 6.04 Å². The van der Waals surface area contributed by atoms with Crippen LogP contribution in [0.5, 0.6) is 0 Å². The van der Waals surface area contributed by atoms with E-state index in [1.54, 1.807) is 11.8 Å². The van der Waals surface area contributed by atoms with Crippen LogP contribution >= 0.6 is 23.4 Å². The summed E-state index contributed by atoms with van der Waals surface area (Å²) in [5, 5.41) is 3.49. The molecule has 0 radical (unpaired) electrons. The van der Waals surface area contributed by atoms with Crippen molar-refractivity contribution in [2.45, 2.75) is 32.2 Å². The number of carbonyl (C=O) groups excluding carboxylic acids is 2. The predicted octanol–water partition coefficient (Wildman–Crippen LogP) is 4.13. The maximum Gasteiger partial charge on any atom is 0.242 e. The van der Waals surface area contributed by atoms with E-state index in [-0.39, 0.29) is 11.8 Å². The van der Waals surface area contributed by atoms with E-state index in [9.17, 15) is 9.59 Å². The van der Waals surface area contributed by atoms with Gasteiger partial charge in [0.05, 0.1) is 5.75 Å². The summed E-state index contributed by atoms with van der Waals surface area (Å²) < 4.78 is 0. The summed E-state index contributed by atoms with van der Waals surface area (Å²) in [6.07, 6.45) is 0. The largest absolute Gasteiger partial charge is 0.355 e. The molecule has 2 rings (SSSR count). The Kier molecular flexibility index (Phi) is 8.69. The molecule has 0 spiro atoms. The van der Waals surface area contributed by atoms with Crippen LogP contribution in [-0.4, -0.2) is 35.1 Å². The number of hydrogen-bond acceptors (Lipinski definition) is 3. The molecule has 0 aliphatic carbocycles. The van der Waals surface area contributed by atoms with Crippen molar-refractivity contribution >= 4 is 35.2 Å². The molecule has 1 N–H and O–H groups in total. The molecular weight excluding hydrogens is 380 g/mol. The fraction of sp³-hybridized carbons (Fsp3) is 0.333. The van der Waals surface area contributed by atoms with Crippen LogP contribution < -0.4 is 5.32 Å². The fourth-order valence-corrected chi connectivity index (χ4v) is 3.72. The number of likely N-dealkylation sites (N-methyl/N-ethyl adjacent to an activating group) is 1. The lowest BCUT2D eigenvalue weighted by molar-refractivity contribution is -0.138. The van der Waals surface area contributed by atoms with Crippen molar-refractivity contribution in [2.75, 3.05) is 12.3 Å². The third kappa shape index (κ3) is 6.92. The van der Waals surface area contributed by atoms with Gasteiger partial charge in [0.2, 0.25) is 11.8 Å². The molecule has 0 aliphatic rings. The van der Waals surface area contributed by atoms with E-state index in [1.807, 2.05) is 61.5 Å². The highest BCUT2D eigenvalue weighted by atomic mass is 35.5. The van der Waals surface area contributed by atoms with Crippen molar-refractivity contribution in [3.8, 4) is 0 Å². The Morgan fingerprint density at radius 3 is 2.48 bits per heavy atom. The summed E-state index contributed by atoms with van der Waals surface area (Å²) in [7, 11) is 0. The molecular formula is C21H25ClN2O2S. The zero-order chi connectivity index (χ0) is 19.6. The number of carbonyl (C=O) groups is 2. The number of nitrogens with zero attached hydrogens (tertiary/aromatic N) is 1. The van der Waals surface area contributed by atoms with Gasteiger partial charge in [-0.2, -0.15) is 0 Å². The summed E-state index contributed by atoms with van der Waals surface area (Å²) in [5.74, 6) is 0.815. The minimum Gasteiger partial charge on any atom is -0.355 e. The summed E-state index contributed by atoms with van der Waals surface area (Å²) in [4.78, 5) is 26.8. The van der Waals surface area contributed by atoms with Gasteiger partial charge in [-0.25, -0.2) is 0 Å². The lowest BCUT2D eigenvalue weighted by Crippen LogP contribution is -2.48. The number of thioether (sulfide) groups is 1. The molecule has 0 aromatic heterocycles. The number of halogens is 1. The predicted molar refractivity (Wildman–Crippen MR) is 113 cm³/mol. The molecule has 0 fully saturated rings. The SMILES string of the molecule is CCNC(=O)[C@@H](C)N(Cc1ccccc1)C(=O)CSCc1cccc(Cl)c1. The monoisotopic (exact) mass is 404 g/mol. The third-order valence-corrected chi connectivity index (χ3v) is 5.32. The lowest BCUT2D eigenvalue weighted by Gasteiger charge is -2.28. The second-order valence-electron chi connectivity index (χ2n) is 6.20.